The molecule has 2 N–H and O–H groups in total. The molecule has 0 saturated carbocycles. The lowest BCUT2D eigenvalue weighted by atomic mass is 10.0. The van der Waals surface area contributed by atoms with Crippen molar-refractivity contribution in [3.05, 3.63) is 29.3 Å². The minimum atomic E-state index is -1.06. The van der Waals surface area contributed by atoms with Crippen LogP contribution in [0.25, 0.3) is 0 Å². The lowest BCUT2D eigenvalue weighted by Gasteiger charge is -2.27. The highest BCUT2D eigenvalue weighted by atomic mass is 16.5. The number of nitrogens with zero attached hydrogens (tertiary/aromatic N) is 1. The van der Waals surface area contributed by atoms with Crippen molar-refractivity contribution in [2.75, 3.05) is 13.2 Å². The van der Waals surface area contributed by atoms with Crippen LogP contribution >= 0.6 is 0 Å². The van der Waals surface area contributed by atoms with Crippen LogP contribution in [0.1, 0.15) is 59.2 Å². The first-order valence-corrected chi connectivity index (χ1v) is 10.1. The average Bonchev–Trinajstić information content (AvgIpc) is 3.00. The van der Waals surface area contributed by atoms with Gasteiger partial charge in [0.05, 0.1) is 11.1 Å². The number of hydrogen-bond donors (Lipinski definition) is 2. The molecular formula is C22H23N3O6. The molecule has 2 aliphatic rings. The third kappa shape index (κ3) is 4.91. The van der Waals surface area contributed by atoms with Crippen LogP contribution in [-0.4, -0.2) is 53.6 Å². The molecule has 0 radical (unpaired) electrons. The number of imide groups is 2. The molecule has 9 nitrogen and oxygen atoms in total. The van der Waals surface area contributed by atoms with Crippen LogP contribution in [-0.2, 0) is 14.4 Å². The van der Waals surface area contributed by atoms with Gasteiger partial charge in [-0.25, -0.2) is 0 Å². The largest absolute Gasteiger partial charge is 0.483 e. The molecule has 1 atom stereocenters. The van der Waals surface area contributed by atoms with Gasteiger partial charge in [0.25, 0.3) is 17.7 Å². The number of benzene rings is 1. The zero-order valence-corrected chi connectivity index (χ0v) is 16.9. The number of carbonyl (C=O) groups excluding carboxylic acids is 5. The Hall–Kier alpha value is -3.67. The number of piperidine rings is 1. The van der Waals surface area contributed by atoms with E-state index in [9.17, 15) is 24.0 Å². The van der Waals surface area contributed by atoms with Crippen molar-refractivity contribution in [2.45, 2.75) is 44.6 Å². The van der Waals surface area contributed by atoms with E-state index >= 15 is 0 Å². The van der Waals surface area contributed by atoms with Crippen LogP contribution in [0.3, 0.4) is 0 Å². The van der Waals surface area contributed by atoms with E-state index in [2.05, 4.69) is 16.6 Å². The SMILES string of the molecule is C#CCCCCCNC(=O)COc1cccc2c1C(=O)N(C1CCC(=O)NC1=O)C2=O. The van der Waals surface area contributed by atoms with Crippen molar-refractivity contribution in [3.63, 3.8) is 0 Å². The fraction of sp³-hybridized carbons (Fsp3) is 0.409. The molecule has 0 spiro atoms. The molecule has 1 fully saturated rings. The Bertz CT molecular complexity index is 964. The number of rotatable bonds is 9. The maximum Gasteiger partial charge on any atom is 0.266 e. The molecule has 0 bridgehead atoms. The van der Waals surface area contributed by atoms with E-state index in [1.54, 1.807) is 0 Å². The molecule has 2 aliphatic heterocycles. The summed E-state index contributed by atoms with van der Waals surface area (Å²) in [5, 5.41) is 4.87. The van der Waals surface area contributed by atoms with Gasteiger partial charge >= 0.3 is 0 Å². The number of fused-ring (bicyclic) bond motifs is 1. The smallest absolute Gasteiger partial charge is 0.266 e. The third-order valence-corrected chi connectivity index (χ3v) is 5.11. The van der Waals surface area contributed by atoms with Crippen LogP contribution < -0.4 is 15.4 Å². The average molecular weight is 425 g/mol. The topological polar surface area (TPSA) is 122 Å². The summed E-state index contributed by atoms with van der Waals surface area (Å²) in [7, 11) is 0. The number of amides is 5. The van der Waals surface area contributed by atoms with Gasteiger partial charge in [0, 0.05) is 19.4 Å². The molecule has 2 heterocycles. The van der Waals surface area contributed by atoms with Gasteiger partial charge in [-0.05, 0) is 31.4 Å². The number of ether oxygens (including phenoxy) is 1. The van der Waals surface area contributed by atoms with Gasteiger partial charge in [-0.3, -0.25) is 34.2 Å². The van der Waals surface area contributed by atoms with Gasteiger partial charge in [-0.15, -0.1) is 12.3 Å². The molecule has 0 aromatic heterocycles. The second kappa shape index (κ2) is 9.89. The summed E-state index contributed by atoms with van der Waals surface area (Å²) in [6, 6.07) is 3.43. The Morgan fingerprint density at radius 3 is 2.74 bits per heavy atom. The number of nitrogens with one attached hydrogen (secondary N) is 2. The highest BCUT2D eigenvalue weighted by Gasteiger charge is 2.46. The Labute approximate surface area is 179 Å². The van der Waals surface area contributed by atoms with E-state index in [0.29, 0.717) is 13.0 Å². The summed E-state index contributed by atoms with van der Waals surface area (Å²) in [4.78, 5) is 62.1. The number of unbranched alkanes of at least 4 members (excludes halogenated alkanes) is 3. The number of hydrogen-bond acceptors (Lipinski definition) is 6. The monoisotopic (exact) mass is 425 g/mol. The van der Waals surface area contributed by atoms with Crippen LogP contribution in [0.5, 0.6) is 5.75 Å². The fourth-order valence-corrected chi connectivity index (χ4v) is 3.56. The van der Waals surface area contributed by atoms with Gasteiger partial charge in [-0.1, -0.05) is 12.5 Å². The van der Waals surface area contributed by atoms with Crippen molar-refractivity contribution >= 4 is 29.5 Å². The summed E-state index contributed by atoms with van der Waals surface area (Å²) in [5.74, 6) is -0.135. The van der Waals surface area contributed by atoms with Gasteiger partial charge in [0.1, 0.15) is 11.8 Å². The Kier molecular flexibility index (Phi) is 7.03. The second-order valence-corrected chi connectivity index (χ2v) is 7.28. The molecule has 3 rings (SSSR count). The highest BCUT2D eigenvalue weighted by molar-refractivity contribution is 6.24. The normalized spacial score (nSPS) is 17.8. The first-order valence-electron chi connectivity index (χ1n) is 10.1. The maximum atomic E-state index is 12.9. The molecule has 1 unspecified atom stereocenters. The summed E-state index contributed by atoms with van der Waals surface area (Å²) >= 11 is 0. The van der Waals surface area contributed by atoms with E-state index in [1.807, 2.05) is 0 Å². The summed E-state index contributed by atoms with van der Waals surface area (Å²) < 4.78 is 5.51. The lowest BCUT2D eigenvalue weighted by Crippen LogP contribution is -2.54. The molecular weight excluding hydrogens is 402 g/mol. The highest BCUT2D eigenvalue weighted by Crippen LogP contribution is 2.33. The van der Waals surface area contributed by atoms with E-state index in [0.717, 1.165) is 24.2 Å². The molecule has 0 aliphatic carbocycles. The van der Waals surface area contributed by atoms with Crippen molar-refractivity contribution in [2.24, 2.45) is 0 Å². The second-order valence-electron chi connectivity index (χ2n) is 7.28. The predicted octanol–water partition coefficient (Wildman–Crippen LogP) is 0.776. The minimum Gasteiger partial charge on any atom is -0.483 e. The first-order chi connectivity index (χ1) is 14.9. The van der Waals surface area contributed by atoms with Gasteiger partial charge in [0.2, 0.25) is 11.8 Å². The number of carbonyl (C=O) groups is 5. The van der Waals surface area contributed by atoms with Crippen molar-refractivity contribution in [3.8, 4) is 18.1 Å². The van der Waals surface area contributed by atoms with Crippen molar-refractivity contribution < 1.29 is 28.7 Å². The molecule has 1 aromatic carbocycles. The standard InChI is InChI=1S/C22H23N3O6/c1-2-3-4-5-6-12-23-18(27)13-31-16-9-7-8-14-19(16)22(30)25(21(14)29)15-10-11-17(26)24-20(15)28/h1,7-9,15H,3-6,10-13H2,(H,23,27)(H,24,26,28). The first kappa shape index (κ1) is 22.0. The molecule has 1 saturated heterocycles. The Morgan fingerprint density at radius 2 is 2.00 bits per heavy atom. The van der Waals surface area contributed by atoms with E-state index in [-0.39, 0.29) is 42.2 Å². The Morgan fingerprint density at radius 1 is 1.19 bits per heavy atom. The third-order valence-electron chi connectivity index (χ3n) is 5.11. The van der Waals surface area contributed by atoms with Crippen LogP contribution in [0.4, 0.5) is 0 Å². The summed E-state index contributed by atoms with van der Waals surface area (Å²) in [6.45, 7) is 0.168. The van der Waals surface area contributed by atoms with Crippen LogP contribution in [0.2, 0.25) is 0 Å². The maximum absolute atomic E-state index is 12.9. The van der Waals surface area contributed by atoms with E-state index in [1.165, 1.54) is 18.2 Å². The van der Waals surface area contributed by atoms with Gasteiger partial charge in [-0.2, -0.15) is 0 Å². The molecule has 9 heteroatoms. The quantitative estimate of drug-likeness (QED) is 0.343. The zero-order chi connectivity index (χ0) is 22.4. The zero-order valence-electron chi connectivity index (χ0n) is 16.9. The predicted molar refractivity (Wildman–Crippen MR) is 109 cm³/mol. The van der Waals surface area contributed by atoms with Gasteiger partial charge in [0.15, 0.2) is 6.61 Å². The van der Waals surface area contributed by atoms with Crippen LogP contribution in [0.15, 0.2) is 18.2 Å². The summed E-state index contributed by atoms with van der Waals surface area (Å²) in [6.07, 6.45) is 8.60. The van der Waals surface area contributed by atoms with Crippen molar-refractivity contribution in [1.82, 2.24) is 15.5 Å². The lowest BCUT2D eigenvalue weighted by molar-refractivity contribution is -0.136. The number of terminal acetylenes is 1. The molecule has 1 aromatic rings. The van der Waals surface area contributed by atoms with Crippen molar-refractivity contribution in [1.29, 1.82) is 0 Å². The fourth-order valence-electron chi connectivity index (χ4n) is 3.56. The summed E-state index contributed by atoms with van der Waals surface area (Å²) in [5.41, 5.74) is 0.111. The van der Waals surface area contributed by atoms with E-state index in [4.69, 9.17) is 11.2 Å². The van der Waals surface area contributed by atoms with E-state index < -0.39 is 29.7 Å². The molecule has 5 amide bonds. The molecule has 162 valence electrons. The van der Waals surface area contributed by atoms with Crippen LogP contribution in [0, 0.1) is 12.3 Å². The van der Waals surface area contributed by atoms with Gasteiger partial charge < -0.3 is 10.1 Å². The Balaban J connectivity index is 1.61. The minimum absolute atomic E-state index is 0.0132. The molecule has 31 heavy (non-hydrogen) atoms.